The van der Waals surface area contributed by atoms with Crippen LogP contribution >= 0.6 is 11.6 Å². The molecule has 1 unspecified atom stereocenters. The fraction of sp³-hybridized carbons (Fsp3) is 0.333. The van der Waals surface area contributed by atoms with Crippen molar-refractivity contribution in [1.29, 1.82) is 0 Å². The van der Waals surface area contributed by atoms with Crippen molar-refractivity contribution in [2.24, 2.45) is 5.73 Å². The molecule has 0 aliphatic carbocycles. The minimum absolute atomic E-state index is 0.119. The molecule has 0 aliphatic rings. The average molecular weight is 307 g/mol. The Morgan fingerprint density at radius 1 is 1.48 bits per heavy atom. The minimum Gasteiger partial charge on any atom is -0.327 e. The number of nitrogens with one attached hydrogen (secondary N) is 1. The summed E-state index contributed by atoms with van der Waals surface area (Å²) in [7, 11) is 0. The Morgan fingerprint density at radius 2 is 2.29 bits per heavy atom. The van der Waals surface area contributed by atoms with E-state index in [9.17, 15) is 4.79 Å². The van der Waals surface area contributed by atoms with E-state index in [0.717, 1.165) is 12.8 Å². The van der Waals surface area contributed by atoms with Gasteiger partial charge in [-0.15, -0.1) is 0 Å². The van der Waals surface area contributed by atoms with Crippen molar-refractivity contribution < 1.29 is 4.79 Å². The molecule has 0 spiro atoms. The van der Waals surface area contributed by atoms with Gasteiger partial charge in [-0.3, -0.25) is 4.79 Å². The highest BCUT2D eigenvalue weighted by atomic mass is 35.5. The van der Waals surface area contributed by atoms with Crippen molar-refractivity contribution in [1.82, 2.24) is 9.78 Å². The molecule has 1 atom stereocenters. The highest BCUT2D eigenvalue weighted by Crippen LogP contribution is 2.28. The quantitative estimate of drug-likeness (QED) is 0.861. The summed E-state index contributed by atoms with van der Waals surface area (Å²) in [5.41, 5.74) is 7.18. The lowest BCUT2D eigenvalue weighted by atomic mass is 10.1. The van der Waals surface area contributed by atoms with Gasteiger partial charge >= 0.3 is 0 Å². The van der Waals surface area contributed by atoms with E-state index >= 15 is 0 Å². The molecule has 2 rings (SSSR count). The van der Waals surface area contributed by atoms with Gasteiger partial charge < -0.3 is 11.1 Å². The van der Waals surface area contributed by atoms with E-state index in [4.69, 9.17) is 17.3 Å². The lowest BCUT2D eigenvalue weighted by Gasteiger charge is -2.14. The fourth-order valence-corrected chi connectivity index (χ4v) is 2.42. The van der Waals surface area contributed by atoms with Crippen molar-refractivity contribution >= 4 is 23.2 Å². The standard InChI is InChI=1S/C15H19ClN4O/c1-2-5-11(17)10-14(21)19-13-7-3-6-12(16)15(13)20-9-4-8-18-20/h3-4,6-9,11H,2,5,10,17H2,1H3,(H,19,21). The van der Waals surface area contributed by atoms with Crippen molar-refractivity contribution in [2.75, 3.05) is 5.32 Å². The van der Waals surface area contributed by atoms with E-state index in [0.29, 0.717) is 22.8 Å². The van der Waals surface area contributed by atoms with Gasteiger partial charge in [-0.25, -0.2) is 4.68 Å². The van der Waals surface area contributed by atoms with E-state index in [1.165, 1.54) is 0 Å². The molecule has 0 fully saturated rings. The molecule has 21 heavy (non-hydrogen) atoms. The van der Waals surface area contributed by atoms with Crippen LogP contribution in [0.4, 0.5) is 5.69 Å². The van der Waals surface area contributed by atoms with E-state index in [-0.39, 0.29) is 11.9 Å². The van der Waals surface area contributed by atoms with Gasteiger partial charge in [0, 0.05) is 24.9 Å². The normalized spacial score (nSPS) is 12.1. The van der Waals surface area contributed by atoms with E-state index in [1.807, 2.05) is 6.92 Å². The minimum atomic E-state index is -0.123. The molecule has 6 heteroatoms. The predicted octanol–water partition coefficient (Wildman–Crippen LogP) is 2.98. The van der Waals surface area contributed by atoms with Crippen LogP contribution in [0.3, 0.4) is 0 Å². The molecule has 0 bridgehead atoms. The van der Waals surface area contributed by atoms with Crippen LogP contribution in [0.1, 0.15) is 26.2 Å². The second kappa shape index (κ2) is 7.24. The Bertz CT molecular complexity index is 598. The third-order valence-corrected chi connectivity index (χ3v) is 3.41. The number of amides is 1. The van der Waals surface area contributed by atoms with Gasteiger partial charge in [0.25, 0.3) is 0 Å². The summed E-state index contributed by atoms with van der Waals surface area (Å²) in [5, 5.41) is 7.55. The highest BCUT2D eigenvalue weighted by molar-refractivity contribution is 6.33. The molecule has 0 saturated carbocycles. The summed E-state index contributed by atoms with van der Waals surface area (Å²) in [4.78, 5) is 12.1. The zero-order valence-electron chi connectivity index (χ0n) is 11.9. The van der Waals surface area contributed by atoms with Crippen LogP contribution in [0.15, 0.2) is 36.7 Å². The van der Waals surface area contributed by atoms with Crippen LogP contribution in [-0.4, -0.2) is 21.7 Å². The molecule has 2 aromatic rings. The van der Waals surface area contributed by atoms with Gasteiger partial charge in [0.15, 0.2) is 0 Å². The third kappa shape index (κ3) is 4.06. The van der Waals surface area contributed by atoms with Crippen molar-refractivity contribution in [3.8, 4) is 5.69 Å². The second-order valence-corrected chi connectivity index (χ2v) is 5.29. The van der Waals surface area contributed by atoms with E-state index < -0.39 is 0 Å². The Hall–Kier alpha value is -1.85. The van der Waals surface area contributed by atoms with Crippen LogP contribution in [0.2, 0.25) is 5.02 Å². The number of carbonyl (C=O) groups is 1. The fourth-order valence-electron chi connectivity index (χ4n) is 2.16. The first-order valence-corrected chi connectivity index (χ1v) is 7.33. The lowest BCUT2D eigenvalue weighted by Crippen LogP contribution is -2.27. The van der Waals surface area contributed by atoms with Crippen LogP contribution < -0.4 is 11.1 Å². The summed E-state index contributed by atoms with van der Waals surface area (Å²) in [6, 6.07) is 7.02. The van der Waals surface area contributed by atoms with Crippen LogP contribution in [0.5, 0.6) is 0 Å². The zero-order valence-corrected chi connectivity index (χ0v) is 12.7. The van der Waals surface area contributed by atoms with Crippen LogP contribution in [0, 0.1) is 0 Å². The molecule has 112 valence electrons. The first-order chi connectivity index (χ1) is 10.1. The lowest BCUT2D eigenvalue weighted by molar-refractivity contribution is -0.116. The maximum Gasteiger partial charge on any atom is 0.225 e. The Balaban J connectivity index is 2.17. The number of halogens is 1. The number of para-hydroxylation sites is 1. The van der Waals surface area contributed by atoms with Gasteiger partial charge in [-0.1, -0.05) is 31.0 Å². The molecule has 1 amide bonds. The van der Waals surface area contributed by atoms with Gasteiger partial charge in [0.1, 0.15) is 5.69 Å². The molecule has 0 radical (unpaired) electrons. The molecular formula is C15H19ClN4O. The van der Waals surface area contributed by atoms with Crippen molar-refractivity contribution in [3.05, 3.63) is 41.7 Å². The molecule has 0 saturated heterocycles. The maximum atomic E-state index is 12.1. The van der Waals surface area contributed by atoms with Crippen molar-refractivity contribution in [3.63, 3.8) is 0 Å². The monoisotopic (exact) mass is 306 g/mol. The summed E-state index contributed by atoms with van der Waals surface area (Å²) >= 11 is 6.22. The topological polar surface area (TPSA) is 72.9 Å². The summed E-state index contributed by atoms with van der Waals surface area (Å²) < 4.78 is 1.63. The first-order valence-electron chi connectivity index (χ1n) is 6.95. The Labute approximate surface area is 129 Å². The largest absolute Gasteiger partial charge is 0.327 e. The molecule has 5 nitrogen and oxygen atoms in total. The highest BCUT2D eigenvalue weighted by Gasteiger charge is 2.14. The van der Waals surface area contributed by atoms with Gasteiger partial charge in [-0.2, -0.15) is 5.10 Å². The summed E-state index contributed by atoms with van der Waals surface area (Å²) in [5.74, 6) is -0.119. The number of nitrogens with zero attached hydrogens (tertiary/aromatic N) is 2. The Kier molecular flexibility index (Phi) is 5.36. The predicted molar refractivity (Wildman–Crippen MR) is 84.7 cm³/mol. The number of benzene rings is 1. The van der Waals surface area contributed by atoms with Crippen LogP contribution in [-0.2, 0) is 4.79 Å². The van der Waals surface area contributed by atoms with Crippen LogP contribution in [0.25, 0.3) is 5.69 Å². The maximum absolute atomic E-state index is 12.1. The summed E-state index contributed by atoms with van der Waals surface area (Å²) in [6.07, 6.45) is 5.52. The smallest absolute Gasteiger partial charge is 0.225 e. The van der Waals surface area contributed by atoms with Gasteiger partial charge in [0.05, 0.1) is 10.7 Å². The third-order valence-electron chi connectivity index (χ3n) is 3.10. The number of anilines is 1. The van der Waals surface area contributed by atoms with Crippen molar-refractivity contribution in [2.45, 2.75) is 32.2 Å². The molecule has 1 aromatic heterocycles. The number of nitrogens with two attached hydrogens (primary N) is 1. The number of hydrogen-bond donors (Lipinski definition) is 2. The second-order valence-electron chi connectivity index (χ2n) is 4.89. The molecule has 1 aromatic carbocycles. The molecular weight excluding hydrogens is 288 g/mol. The molecule has 1 heterocycles. The number of aromatic nitrogens is 2. The first kappa shape index (κ1) is 15.5. The van der Waals surface area contributed by atoms with E-state index in [1.54, 1.807) is 41.3 Å². The molecule has 3 N–H and O–H groups in total. The molecule has 0 aliphatic heterocycles. The summed E-state index contributed by atoms with van der Waals surface area (Å²) in [6.45, 7) is 2.05. The number of hydrogen-bond acceptors (Lipinski definition) is 3. The van der Waals surface area contributed by atoms with Gasteiger partial charge in [0.2, 0.25) is 5.91 Å². The number of carbonyl (C=O) groups excluding carboxylic acids is 1. The van der Waals surface area contributed by atoms with Gasteiger partial charge in [-0.05, 0) is 24.6 Å². The Morgan fingerprint density at radius 3 is 2.95 bits per heavy atom. The van der Waals surface area contributed by atoms with E-state index in [2.05, 4.69) is 10.4 Å². The number of rotatable bonds is 6. The zero-order chi connectivity index (χ0) is 15.2. The average Bonchev–Trinajstić information content (AvgIpc) is 2.92. The SMILES string of the molecule is CCCC(N)CC(=O)Nc1cccc(Cl)c1-n1cccn1.